The summed E-state index contributed by atoms with van der Waals surface area (Å²) in [6.45, 7) is 4.18. The summed E-state index contributed by atoms with van der Waals surface area (Å²) in [5.74, 6) is -0.316. The molecule has 0 amide bonds. The van der Waals surface area contributed by atoms with Crippen LogP contribution in [-0.2, 0) is 4.74 Å². The normalized spacial score (nSPS) is 10.9. The molecule has 4 aromatic rings. The van der Waals surface area contributed by atoms with Gasteiger partial charge in [0.1, 0.15) is 11.3 Å². The Balaban J connectivity index is 1.91. The molecule has 0 radical (unpaired) electrons. The van der Waals surface area contributed by atoms with Crippen LogP contribution < -0.4 is 10.2 Å². The largest absolute Gasteiger partial charge is 0.494 e. The molecule has 152 valence electrons. The fourth-order valence-corrected chi connectivity index (χ4v) is 3.21. The minimum absolute atomic E-state index is 0.118. The fourth-order valence-electron chi connectivity index (χ4n) is 3.21. The first-order chi connectivity index (χ1) is 14.6. The maximum absolute atomic E-state index is 13.3. The van der Waals surface area contributed by atoms with E-state index in [0.717, 1.165) is 5.69 Å². The van der Waals surface area contributed by atoms with E-state index in [4.69, 9.17) is 13.9 Å². The summed E-state index contributed by atoms with van der Waals surface area (Å²) >= 11 is 0. The van der Waals surface area contributed by atoms with Gasteiger partial charge in [0, 0.05) is 17.8 Å². The van der Waals surface area contributed by atoms with Crippen molar-refractivity contribution in [2.75, 3.05) is 13.2 Å². The monoisotopic (exact) mass is 404 g/mol. The summed E-state index contributed by atoms with van der Waals surface area (Å²) in [4.78, 5) is 25.9. The maximum Gasteiger partial charge on any atom is 0.375 e. The molecule has 0 fully saturated rings. The van der Waals surface area contributed by atoms with Gasteiger partial charge in [-0.3, -0.25) is 4.79 Å². The van der Waals surface area contributed by atoms with Gasteiger partial charge in [-0.25, -0.2) is 9.48 Å². The van der Waals surface area contributed by atoms with Crippen molar-refractivity contribution in [3.63, 3.8) is 0 Å². The lowest BCUT2D eigenvalue weighted by atomic mass is 10.0. The number of rotatable bonds is 6. The van der Waals surface area contributed by atoms with E-state index in [2.05, 4.69) is 5.10 Å². The molecule has 0 aliphatic heterocycles. The quantitative estimate of drug-likeness (QED) is 0.448. The van der Waals surface area contributed by atoms with Gasteiger partial charge < -0.3 is 13.9 Å². The van der Waals surface area contributed by atoms with Crippen molar-refractivity contribution in [3.8, 4) is 22.6 Å². The second kappa shape index (κ2) is 8.24. The number of hydrogen-bond donors (Lipinski definition) is 0. The third-order valence-electron chi connectivity index (χ3n) is 4.53. The van der Waals surface area contributed by atoms with E-state index in [1.165, 1.54) is 6.20 Å². The van der Waals surface area contributed by atoms with Gasteiger partial charge in [-0.15, -0.1) is 0 Å². The molecule has 0 saturated carbocycles. The molecule has 0 unspecified atom stereocenters. The number of ether oxygens (including phenoxy) is 2. The van der Waals surface area contributed by atoms with Crippen LogP contribution in [0.25, 0.3) is 27.8 Å². The maximum atomic E-state index is 13.3. The molecule has 30 heavy (non-hydrogen) atoms. The van der Waals surface area contributed by atoms with Crippen molar-refractivity contribution in [2.45, 2.75) is 13.8 Å². The van der Waals surface area contributed by atoms with E-state index >= 15 is 0 Å². The number of carbonyl (C=O) groups is 1. The number of benzene rings is 2. The number of esters is 1. The molecule has 0 bridgehead atoms. The molecule has 0 saturated heterocycles. The molecule has 0 aliphatic rings. The van der Waals surface area contributed by atoms with Gasteiger partial charge >= 0.3 is 5.97 Å². The van der Waals surface area contributed by atoms with Crippen LogP contribution in [0.2, 0.25) is 0 Å². The zero-order valence-corrected chi connectivity index (χ0v) is 16.6. The van der Waals surface area contributed by atoms with Crippen LogP contribution in [0, 0.1) is 0 Å². The zero-order chi connectivity index (χ0) is 21.1. The Labute approximate surface area is 172 Å². The Morgan fingerprint density at radius 1 is 1.10 bits per heavy atom. The second-order valence-electron chi connectivity index (χ2n) is 6.46. The summed E-state index contributed by atoms with van der Waals surface area (Å²) in [7, 11) is 0. The van der Waals surface area contributed by atoms with Gasteiger partial charge in [-0.05, 0) is 38.1 Å². The minimum Gasteiger partial charge on any atom is -0.494 e. The van der Waals surface area contributed by atoms with E-state index in [9.17, 15) is 9.59 Å². The molecular weight excluding hydrogens is 384 g/mol. The van der Waals surface area contributed by atoms with Crippen LogP contribution in [0.3, 0.4) is 0 Å². The number of nitrogens with zero attached hydrogens (tertiary/aromatic N) is 2. The molecule has 0 aliphatic carbocycles. The van der Waals surface area contributed by atoms with Crippen molar-refractivity contribution in [1.82, 2.24) is 9.78 Å². The molecule has 0 spiro atoms. The molecule has 4 rings (SSSR count). The molecule has 2 aromatic heterocycles. The van der Waals surface area contributed by atoms with Gasteiger partial charge in [0.15, 0.2) is 0 Å². The van der Waals surface area contributed by atoms with Gasteiger partial charge in [-0.1, -0.05) is 18.2 Å². The van der Waals surface area contributed by atoms with Crippen LogP contribution in [0.4, 0.5) is 0 Å². The third kappa shape index (κ3) is 3.57. The highest BCUT2D eigenvalue weighted by Gasteiger charge is 2.24. The molecular formula is C23H20N2O5. The zero-order valence-electron chi connectivity index (χ0n) is 16.6. The van der Waals surface area contributed by atoms with E-state index in [1.54, 1.807) is 36.0 Å². The summed E-state index contributed by atoms with van der Waals surface area (Å²) < 4.78 is 18.1. The Kier molecular flexibility index (Phi) is 5.34. The molecule has 7 nitrogen and oxygen atoms in total. The molecule has 0 atom stereocenters. The van der Waals surface area contributed by atoms with Crippen molar-refractivity contribution in [3.05, 3.63) is 76.9 Å². The van der Waals surface area contributed by atoms with Gasteiger partial charge in [-0.2, -0.15) is 5.10 Å². The summed E-state index contributed by atoms with van der Waals surface area (Å²) in [5.41, 5.74) is 1.33. The molecule has 7 heteroatoms. The fraction of sp³-hybridized carbons (Fsp3) is 0.174. The highest BCUT2D eigenvalue weighted by Crippen LogP contribution is 2.28. The predicted molar refractivity (Wildman–Crippen MR) is 112 cm³/mol. The highest BCUT2D eigenvalue weighted by molar-refractivity contribution is 5.97. The third-order valence-corrected chi connectivity index (χ3v) is 4.53. The summed E-state index contributed by atoms with van der Waals surface area (Å²) in [6, 6.07) is 14.4. The summed E-state index contributed by atoms with van der Waals surface area (Å²) in [5, 5.41) is 4.67. The standard InChI is InChI=1S/C23H20N2O5/c1-3-28-17-10-11-18-19(12-17)30-22(23(27)29-4-2)20(21(18)26)15-13-24-25(14-15)16-8-6-5-7-9-16/h5-14H,3-4H2,1-2H3. The van der Waals surface area contributed by atoms with Crippen molar-refractivity contribution < 1.29 is 18.7 Å². The smallest absolute Gasteiger partial charge is 0.375 e. The van der Waals surface area contributed by atoms with Crippen LogP contribution >= 0.6 is 0 Å². The average molecular weight is 404 g/mol. The molecule has 2 aromatic carbocycles. The Morgan fingerprint density at radius 3 is 2.63 bits per heavy atom. The average Bonchev–Trinajstić information content (AvgIpc) is 3.24. The molecule has 2 heterocycles. The predicted octanol–water partition coefficient (Wildman–Crippen LogP) is 4.22. The second-order valence-corrected chi connectivity index (χ2v) is 6.46. The topological polar surface area (TPSA) is 83.6 Å². The first-order valence-electron chi connectivity index (χ1n) is 9.63. The van der Waals surface area contributed by atoms with Crippen molar-refractivity contribution in [1.29, 1.82) is 0 Å². The SMILES string of the molecule is CCOC(=O)c1oc2cc(OCC)ccc2c(=O)c1-c1cnn(-c2ccccc2)c1. The van der Waals surface area contributed by atoms with Crippen LogP contribution in [0.15, 0.2) is 70.1 Å². The lowest BCUT2D eigenvalue weighted by Crippen LogP contribution is -2.14. The molecule has 0 N–H and O–H groups in total. The van der Waals surface area contributed by atoms with E-state index in [0.29, 0.717) is 23.3 Å². The van der Waals surface area contributed by atoms with E-state index in [-0.39, 0.29) is 28.9 Å². The first kappa shape index (κ1) is 19.4. The number of aromatic nitrogens is 2. The number of carbonyl (C=O) groups excluding carboxylic acids is 1. The van der Waals surface area contributed by atoms with Gasteiger partial charge in [0.25, 0.3) is 0 Å². The number of hydrogen-bond acceptors (Lipinski definition) is 6. The summed E-state index contributed by atoms with van der Waals surface area (Å²) in [6.07, 6.45) is 3.22. The van der Waals surface area contributed by atoms with Crippen molar-refractivity contribution in [2.24, 2.45) is 0 Å². The highest BCUT2D eigenvalue weighted by atomic mass is 16.5. The number of para-hydroxylation sites is 1. The minimum atomic E-state index is -0.708. The van der Waals surface area contributed by atoms with Crippen LogP contribution in [0.1, 0.15) is 24.4 Å². The van der Waals surface area contributed by atoms with Gasteiger partial charge in [0.05, 0.1) is 36.0 Å². The van der Waals surface area contributed by atoms with Crippen molar-refractivity contribution >= 4 is 16.9 Å². The Hall–Kier alpha value is -3.87. The number of fused-ring (bicyclic) bond motifs is 1. The van der Waals surface area contributed by atoms with Crippen LogP contribution in [-0.4, -0.2) is 29.0 Å². The van der Waals surface area contributed by atoms with Gasteiger partial charge in [0.2, 0.25) is 11.2 Å². The first-order valence-corrected chi connectivity index (χ1v) is 9.63. The Morgan fingerprint density at radius 2 is 1.90 bits per heavy atom. The van der Waals surface area contributed by atoms with E-state index in [1.807, 2.05) is 37.3 Å². The van der Waals surface area contributed by atoms with Crippen LogP contribution in [0.5, 0.6) is 5.75 Å². The lowest BCUT2D eigenvalue weighted by molar-refractivity contribution is 0.0492. The lowest BCUT2D eigenvalue weighted by Gasteiger charge is -2.09. The van der Waals surface area contributed by atoms with E-state index < -0.39 is 5.97 Å². The Bertz CT molecular complexity index is 1260.